The maximum Gasteiger partial charge on any atom is 0.341 e. The lowest BCUT2D eigenvalue weighted by Crippen LogP contribution is -2.46. The normalized spacial score (nSPS) is 14.4. The Bertz CT molecular complexity index is 935. The minimum atomic E-state index is -0.796. The second-order valence-electron chi connectivity index (χ2n) is 6.45. The summed E-state index contributed by atoms with van der Waals surface area (Å²) in [6, 6.07) is 6.90. The molecule has 1 atom stereocenters. The number of carbonyl (C=O) groups excluding carboxylic acids is 1. The number of hydrogen-bond donors (Lipinski definition) is 3. The van der Waals surface area contributed by atoms with Crippen LogP contribution in [0.2, 0.25) is 0 Å². The quantitative estimate of drug-likeness (QED) is 0.427. The fraction of sp³-hybridized carbons (Fsp3) is 0.263. The van der Waals surface area contributed by atoms with Crippen LogP contribution in [0.5, 0.6) is 0 Å². The van der Waals surface area contributed by atoms with Gasteiger partial charge in [0.25, 0.3) is 0 Å². The van der Waals surface area contributed by atoms with E-state index in [-0.39, 0.29) is 23.8 Å². The Kier molecular flexibility index (Phi) is 5.22. The van der Waals surface area contributed by atoms with Gasteiger partial charge in [0, 0.05) is 38.2 Å². The van der Waals surface area contributed by atoms with Gasteiger partial charge in [-0.3, -0.25) is 0 Å². The lowest BCUT2D eigenvalue weighted by Gasteiger charge is -2.27. The van der Waals surface area contributed by atoms with E-state index in [0.717, 1.165) is 39.1 Å². The van der Waals surface area contributed by atoms with Crippen LogP contribution >= 0.6 is 0 Å². The predicted molar refractivity (Wildman–Crippen MR) is 103 cm³/mol. The Morgan fingerprint density at radius 3 is 2.46 bits per heavy atom. The van der Waals surface area contributed by atoms with Gasteiger partial charge in [0.15, 0.2) is 6.19 Å². The zero-order chi connectivity index (χ0) is 20.4. The summed E-state index contributed by atoms with van der Waals surface area (Å²) in [5.41, 5.74) is 2.36. The Hall–Kier alpha value is -3.54. The molecule has 1 unspecified atom stereocenters. The summed E-state index contributed by atoms with van der Waals surface area (Å²) >= 11 is 0. The third-order valence-corrected chi connectivity index (χ3v) is 4.43. The van der Waals surface area contributed by atoms with Crippen LogP contribution in [-0.2, 0) is 6.42 Å². The van der Waals surface area contributed by atoms with Crippen molar-refractivity contribution in [2.24, 2.45) is 0 Å². The van der Waals surface area contributed by atoms with Gasteiger partial charge in [0.2, 0.25) is 0 Å². The molecular weight excluding hydrogens is 366 g/mol. The smallest absolute Gasteiger partial charge is 0.341 e. The zero-order valence-corrected chi connectivity index (χ0v) is 15.7. The monoisotopic (exact) mass is 386 g/mol. The van der Waals surface area contributed by atoms with Gasteiger partial charge in [-0.05, 0) is 24.6 Å². The highest BCUT2D eigenvalue weighted by Gasteiger charge is 2.23. The summed E-state index contributed by atoms with van der Waals surface area (Å²) in [6.45, 7) is 1.97. The number of carbonyl (C=O) groups is 1. The molecule has 146 valence electrons. The number of benzene rings is 2. The molecule has 28 heavy (non-hydrogen) atoms. The van der Waals surface area contributed by atoms with Crippen molar-refractivity contribution in [3.05, 3.63) is 53.1 Å². The van der Waals surface area contributed by atoms with Crippen LogP contribution in [0, 0.1) is 23.1 Å². The van der Waals surface area contributed by atoms with Crippen LogP contribution < -0.4 is 21.0 Å². The van der Waals surface area contributed by atoms with Gasteiger partial charge in [0.05, 0.1) is 23.2 Å². The van der Waals surface area contributed by atoms with E-state index in [0.29, 0.717) is 0 Å². The molecule has 1 aliphatic rings. The van der Waals surface area contributed by atoms with E-state index in [1.807, 2.05) is 19.1 Å². The van der Waals surface area contributed by atoms with Crippen LogP contribution in [0.1, 0.15) is 18.1 Å². The fourth-order valence-electron chi connectivity index (χ4n) is 3.11. The van der Waals surface area contributed by atoms with Crippen molar-refractivity contribution in [2.75, 3.05) is 29.7 Å². The number of rotatable bonds is 4. The van der Waals surface area contributed by atoms with Crippen LogP contribution in [0.3, 0.4) is 0 Å². The van der Waals surface area contributed by atoms with E-state index in [1.54, 1.807) is 12.3 Å². The molecule has 2 aromatic rings. The van der Waals surface area contributed by atoms with Crippen molar-refractivity contribution in [1.29, 1.82) is 5.26 Å². The van der Waals surface area contributed by atoms with Gasteiger partial charge in [0.1, 0.15) is 11.6 Å². The van der Waals surface area contributed by atoms with Gasteiger partial charge in [-0.25, -0.2) is 18.6 Å². The van der Waals surface area contributed by atoms with Gasteiger partial charge >= 0.3 is 6.03 Å². The molecule has 0 fully saturated rings. The summed E-state index contributed by atoms with van der Waals surface area (Å²) in [7, 11) is 2.67. The first-order chi connectivity index (χ1) is 13.3. The number of anilines is 3. The molecule has 0 bridgehead atoms. The first-order valence-electron chi connectivity index (χ1n) is 8.63. The average molecular weight is 386 g/mol. The molecule has 0 aliphatic carbocycles. The molecule has 0 spiro atoms. The Morgan fingerprint density at radius 2 is 1.86 bits per heavy atom. The summed E-state index contributed by atoms with van der Waals surface area (Å²) in [5.74, 6) is -1.59. The third kappa shape index (κ3) is 3.62. The molecule has 7 nitrogen and oxygen atoms in total. The summed E-state index contributed by atoms with van der Waals surface area (Å²) in [4.78, 5) is 12.0. The van der Waals surface area contributed by atoms with E-state index in [9.17, 15) is 13.6 Å². The van der Waals surface area contributed by atoms with Gasteiger partial charge in [-0.1, -0.05) is 6.07 Å². The minimum Gasteiger partial charge on any atom is -0.364 e. The predicted octanol–water partition coefficient (Wildman–Crippen LogP) is 3.21. The topological polar surface area (TPSA) is 83.4 Å². The molecular formula is C19H20F2N6O. The summed E-state index contributed by atoms with van der Waals surface area (Å²) < 4.78 is 29.4. The second-order valence-corrected chi connectivity index (χ2v) is 6.45. The van der Waals surface area contributed by atoms with Crippen molar-refractivity contribution in [2.45, 2.75) is 19.5 Å². The second kappa shape index (κ2) is 7.60. The number of hydrazine groups is 1. The SMILES string of the molecule is CNC(=O)N(c1cc(F)c(Cc2ccc3c(c2)NC(C)N3)c(F)c1)N(C)C#N. The van der Waals surface area contributed by atoms with Crippen LogP contribution in [0.4, 0.5) is 30.6 Å². The lowest BCUT2D eigenvalue weighted by molar-refractivity contribution is 0.237. The zero-order valence-electron chi connectivity index (χ0n) is 15.7. The molecule has 1 heterocycles. The van der Waals surface area contributed by atoms with E-state index >= 15 is 0 Å². The van der Waals surface area contributed by atoms with Gasteiger partial charge in [-0.2, -0.15) is 10.3 Å². The molecule has 2 aromatic carbocycles. The number of nitrogens with zero attached hydrogens (tertiary/aromatic N) is 3. The number of nitriles is 1. The molecule has 0 aromatic heterocycles. The minimum absolute atomic E-state index is 0.0509. The molecule has 2 amide bonds. The number of hydrogen-bond acceptors (Lipinski definition) is 5. The van der Waals surface area contributed by atoms with Crippen LogP contribution in [0.25, 0.3) is 0 Å². The Morgan fingerprint density at radius 1 is 1.21 bits per heavy atom. The molecule has 3 rings (SSSR count). The van der Waals surface area contributed by atoms with E-state index in [1.165, 1.54) is 14.1 Å². The summed E-state index contributed by atoms with van der Waals surface area (Å²) in [6.07, 6.45) is 1.88. The number of fused-ring (bicyclic) bond motifs is 1. The van der Waals surface area contributed by atoms with Crippen molar-refractivity contribution in [3.63, 3.8) is 0 Å². The van der Waals surface area contributed by atoms with Crippen molar-refractivity contribution in [3.8, 4) is 6.19 Å². The standard InChI is InChI=1S/C19H20F2N6O/c1-11-24-17-5-4-12(7-18(17)25-11)6-14-15(20)8-13(9-16(14)21)27(19(28)23-2)26(3)10-22/h4-5,7-9,11,24-25H,6H2,1-3H3,(H,23,28). The Labute approximate surface area is 161 Å². The molecule has 1 aliphatic heterocycles. The van der Waals surface area contributed by atoms with E-state index in [2.05, 4.69) is 16.0 Å². The third-order valence-electron chi connectivity index (χ3n) is 4.43. The molecule has 0 radical (unpaired) electrons. The average Bonchev–Trinajstić information content (AvgIpc) is 3.03. The fourth-order valence-corrected chi connectivity index (χ4v) is 3.11. The Balaban J connectivity index is 1.91. The van der Waals surface area contributed by atoms with Crippen LogP contribution in [0.15, 0.2) is 30.3 Å². The first-order valence-corrected chi connectivity index (χ1v) is 8.63. The molecule has 0 saturated heterocycles. The van der Waals surface area contributed by atoms with Gasteiger partial charge < -0.3 is 16.0 Å². The maximum atomic E-state index is 14.7. The highest BCUT2D eigenvalue weighted by atomic mass is 19.1. The largest absolute Gasteiger partial charge is 0.364 e. The number of halogens is 2. The molecule has 0 saturated carbocycles. The maximum absolute atomic E-state index is 14.7. The molecule has 9 heteroatoms. The molecule has 3 N–H and O–H groups in total. The highest BCUT2D eigenvalue weighted by molar-refractivity contribution is 5.91. The number of amides is 2. The first kappa shape index (κ1) is 19.2. The van der Waals surface area contributed by atoms with Crippen molar-refractivity contribution in [1.82, 2.24) is 10.3 Å². The van der Waals surface area contributed by atoms with Gasteiger partial charge in [-0.15, -0.1) is 0 Å². The lowest BCUT2D eigenvalue weighted by atomic mass is 10.0. The highest BCUT2D eigenvalue weighted by Crippen LogP contribution is 2.31. The van der Waals surface area contributed by atoms with Crippen LogP contribution in [-0.4, -0.2) is 31.3 Å². The number of nitrogens with one attached hydrogen (secondary N) is 3. The van der Waals surface area contributed by atoms with Crippen molar-refractivity contribution >= 4 is 23.1 Å². The van der Waals surface area contributed by atoms with Crippen molar-refractivity contribution < 1.29 is 13.6 Å². The summed E-state index contributed by atoms with van der Waals surface area (Å²) in [5, 5.41) is 19.6. The van der Waals surface area contributed by atoms with E-state index in [4.69, 9.17) is 5.26 Å². The number of urea groups is 1. The van der Waals surface area contributed by atoms with E-state index < -0.39 is 17.7 Å².